The Balaban J connectivity index is 4.09. The number of ether oxygens (including phenoxy) is 2. The normalized spacial score (nSPS) is 11.3. The molecule has 2 heteroatoms. The molecule has 0 atom stereocenters. The number of rotatable bonds is 10. The Kier molecular flexibility index (Phi) is 8.86. The average Bonchev–Trinajstić information content (AvgIpc) is 2.30. The third kappa shape index (κ3) is 7.27. The highest BCUT2D eigenvalue weighted by Gasteiger charge is 2.10. The van der Waals surface area contributed by atoms with Crippen LogP contribution in [0.15, 0.2) is 60.8 Å². The van der Waals surface area contributed by atoms with Gasteiger partial charge in [0.2, 0.25) is 0 Å². The van der Waals surface area contributed by atoms with Crippen molar-refractivity contribution < 1.29 is 9.47 Å². The molecule has 0 aromatic heterocycles. The fourth-order valence-electron chi connectivity index (χ4n) is 1.85. The van der Waals surface area contributed by atoms with Gasteiger partial charge in [0.1, 0.15) is 0 Å². The highest BCUT2D eigenvalue weighted by atomic mass is 16.5. The molecule has 0 rings (SSSR count). The van der Waals surface area contributed by atoms with E-state index in [2.05, 4.69) is 26.3 Å². The smallest absolute Gasteiger partial charge is 0.0989 e. The van der Waals surface area contributed by atoms with Crippen molar-refractivity contribution in [3.05, 3.63) is 60.8 Å². The summed E-state index contributed by atoms with van der Waals surface area (Å²) in [5.74, 6) is 0. The van der Waals surface area contributed by atoms with Crippen LogP contribution in [0.5, 0.6) is 0 Å². The second kappa shape index (κ2) is 9.51. The quantitative estimate of drug-likeness (QED) is 0.542. The van der Waals surface area contributed by atoms with Gasteiger partial charge in [0.15, 0.2) is 0 Å². The zero-order chi connectivity index (χ0) is 15.7. The Bertz CT molecular complexity index is 336. The molecular formula is C18H28O2. The summed E-state index contributed by atoms with van der Waals surface area (Å²) in [6.45, 7) is 24.4. The molecule has 0 bridgehead atoms. The Morgan fingerprint density at radius 2 is 0.950 bits per heavy atom. The van der Waals surface area contributed by atoms with E-state index < -0.39 is 0 Å². The summed E-state index contributed by atoms with van der Waals surface area (Å²) in [4.78, 5) is 0. The molecule has 112 valence electrons. The molecule has 0 aliphatic rings. The maximum atomic E-state index is 5.69. The molecular weight excluding hydrogens is 248 g/mol. The molecule has 0 aromatic rings. The maximum absolute atomic E-state index is 5.69. The highest BCUT2D eigenvalue weighted by molar-refractivity contribution is 5.16. The highest BCUT2D eigenvalue weighted by Crippen LogP contribution is 2.13. The Labute approximate surface area is 124 Å². The third-order valence-corrected chi connectivity index (χ3v) is 2.68. The summed E-state index contributed by atoms with van der Waals surface area (Å²) in [5, 5.41) is 0. The van der Waals surface area contributed by atoms with Gasteiger partial charge in [0.25, 0.3) is 0 Å². The first-order chi connectivity index (χ1) is 9.27. The van der Waals surface area contributed by atoms with E-state index in [-0.39, 0.29) is 12.2 Å². The number of hydrogen-bond acceptors (Lipinski definition) is 2. The monoisotopic (exact) mass is 276 g/mol. The van der Waals surface area contributed by atoms with Gasteiger partial charge in [-0.3, -0.25) is 0 Å². The summed E-state index contributed by atoms with van der Waals surface area (Å²) in [7, 11) is 0. The number of hydrogen-bond donors (Lipinski definition) is 0. The predicted molar refractivity (Wildman–Crippen MR) is 87.9 cm³/mol. The fourth-order valence-corrected chi connectivity index (χ4v) is 1.85. The van der Waals surface area contributed by atoms with E-state index in [1.54, 1.807) is 0 Å². The van der Waals surface area contributed by atoms with Crippen LogP contribution >= 0.6 is 0 Å². The first kappa shape index (κ1) is 18.6. The first-order valence-electron chi connectivity index (χ1n) is 6.77. The van der Waals surface area contributed by atoms with Gasteiger partial charge in [-0.05, 0) is 50.0 Å². The van der Waals surface area contributed by atoms with Crippen LogP contribution in [0, 0.1) is 0 Å². The van der Waals surface area contributed by atoms with Crippen molar-refractivity contribution in [3.8, 4) is 0 Å². The van der Waals surface area contributed by atoms with Crippen molar-refractivity contribution in [1.82, 2.24) is 0 Å². The van der Waals surface area contributed by atoms with E-state index >= 15 is 0 Å². The summed E-state index contributed by atoms with van der Waals surface area (Å²) in [6.07, 6.45) is 3.71. The van der Waals surface area contributed by atoms with Gasteiger partial charge in [-0.15, -0.1) is 0 Å². The lowest BCUT2D eigenvalue weighted by Crippen LogP contribution is -2.16. The Hall–Kier alpha value is -1.38. The van der Waals surface area contributed by atoms with E-state index in [1.165, 1.54) is 0 Å². The molecule has 0 saturated carbocycles. The van der Waals surface area contributed by atoms with E-state index in [0.29, 0.717) is 13.2 Å². The summed E-state index contributed by atoms with van der Waals surface area (Å²) in [6, 6.07) is 0. The van der Waals surface area contributed by atoms with Gasteiger partial charge in [0.05, 0.1) is 25.4 Å². The van der Waals surface area contributed by atoms with Crippen molar-refractivity contribution >= 4 is 0 Å². The summed E-state index contributed by atoms with van der Waals surface area (Å²) < 4.78 is 11.4. The molecule has 0 aliphatic heterocycles. The van der Waals surface area contributed by atoms with Crippen LogP contribution in [0.1, 0.15) is 27.7 Å². The van der Waals surface area contributed by atoms with E-state index in [4.69, 9.17) is 9.47 Å². The van der Waals surface area contributed by atoms with Gasteiger partial charge in [-0.2, -0.15) is 0 Å². The topological polar surface area (TPSA) is 18.5 Å². The zero-order valence-electron chi connectivity index (χ0n) is 13.4. The van der Waals surface area contributed by atoms with Crippen molar-refractivity contribution in [2.24, 2.45) is 0 Å². The largest absolute Gasteiger partial charge is 0.365 e. The van der Waals surface area contributed by atoms with Gasteiger partial charge in [-0.25, -0.2) is 0 Å². The van der Waals surface area contributed by atoms with Crippen molar-refractivity contribution in [1.29, 1.82) is 0 Å². The van der Waals surface area contributed by atoms with Crippen LogP contribution in [0.3, 0.4) is 0 Å². The minimum atomic E-state index is -0.0841. The van der Waals surface area contributed by atoms with E-state index in [1.807, 2.05) is 39.8 Å². The Morgan fingerprint density at radius 3 is 1.15 bits per heavy atom. The lowest BCUT2D eigenvalue weighted by molar-refractivity contribution is 0.119. The fraction of sp³-hybridized carbons (Fsp3) is 0.444. The molecule has 0 amide bonds. The van der Waals surface area contributed by atoms with Crippen molar-refractivity contribution in [2.45, 2.75) is 39.9 Å². The molecule has 0 N–H and O–H groups in total. The average molecular weight is 276 g/mol. The molecule has 0 heterocycles. The minimum absolute atomic E-state index is 0.0841. The molecule has 20 heavy (non-hydrogen) atoms. The van der Waals surface area contributed by atoms with Crippen LogP contribution in [-0.4, -0.2) is 25.4 Å². The maximum Gasteiger partial charge on any atom is 0.0989 e. The molecule has 0 radical (unpaired) electrons. The lowest BCUT2D eigenvalue weighted by atomic mass is 10.1. The molecule has 0 aromatic carbocycles. The molecule has 0 unspecified atom stereocenters. The second-order valence-corrected chi connectivity index (χ2v) is 5.28. The third-order valence-electron chi connectivity index (χ3n) is 2.68. The summed E-state index contributed by atoms with van der Waals surface area (Å²) in [5.41, 5.74) is 3.86. The van der Waals surface area contributed by atoms with Gasteiger partial charge < -0.3 is 9.47 Å². The standard InChI is InChI=1S/C18H28O2/c1-13(2)17(14(3)4)19-11-9-10-12-20-18(15(5)6)16(7)8/h9-10,17-18H,1,3,5,7,11-12H2,2,4,6,8H3/b10-9+. The SMILES string of the molecule is C=C(C)C(OC/C=C/COC(C(=C)C)C(=C)C)C(=C)C. The second-order valence-electron chi connectivity index (χ2n) is 5.28. The van der Waals surface area contributed by atoms with E-state index in [9.17, 15) is 0 Å². The van der Waals surface area contributed by atoms with Crippen molar-refractivity contribution in [3.63, 3.8) is 0 Å². The molecule has 0 aliphatic carbocycles. The molecule has 0 saturated heterocycles. The van der Waals surface area contributed by atoms with Crippen LogP contribution in [0.2, 0.25) is 0 Å². The van der Waals surface area contributed by atoms with Crippen LogP contribution in [0.25, 0.3) is 0 Å². The van der Waals surface area contributed by atoms with Crippen LogP contribution < -0.4 is 0 Å². The lowest BCUT2D eigenvalue weighted by Gasteiger charge is -2.17. The molecule has 0 spiro atoms. The molecule has 2 nitrogen and oxygen atoms in total. The van der Waals surface area contributed by atoms with Crippen molar-refractivity contribution in [2.75, 3.05) is 13.2 Å². The molecule has 0 fully saturated rings. The zero-order valence-corrected chi connectivity index (χ0v) is 13.4. The van der Waals surface area contributed by atoms with Gasteiger partial charge in [0, 0.05) is 0 Å². The minimum Gasteiger partial charge on any atom is -0.365 e. The van der Waals surface area contributed by atoms with Crippen LogP contribution in [0.4, 0.5) is 0 Å². The predicted octanol–water partition coefficient (Wildman–Crippen LogP) is 4.62. The van der Waals surface area contributed by atoms with Gasteiger partial charge >= 0.3 is 0 Å². The first-order valence-corrected chi connectivity index (χ1v) is 6.77. The van der Waals surface area contributed by atoms with Crippen LogP contribution in [-0.2, 0) is 9.47 Å². The van der Waals surface area contributed by atoms with E-state index in [0.717, 1.165) is 22.3 Å². The Morgan fingerprint density at radius 1 is 0.700 bits per heavy atom. The van der Waals surface area contributed by atoms with Gasteiger partial charge in [-0.1, -0.05) is 38.5 Å². The summed E-state index contributed by atoms with van der Waals surface area (Å²) >= 11 is 0.